The number of carboxylic acids is 1. The highest BCUT2D eigenvalue weighted by Crippen LogP contribution is 2.34. The second kappa shape index (κ2) is 6.45. The van der Waals surface area contributed by atoms with Crippen molar-refractivity contribution >= 4 is 17.7 Å². The van der Waals surface area contributed by atoms with E-state index in [0.717, 1.165) is 0 Å². The summed E-state index contributed by atoms with van der Waals surface area (Å²) in [6.07, 6.45) is 3.12. The molecule has 0 fully saturated rings. The zero-order chi connectivity index (χ0) is 15.4. The minimum atomic E-state index is -1.09. The summed E-state index contributed by atoms with van der Waals surface area (Å²) in [5.41, 5.74) is 0.865. The zero-order valence-corrected chi connectivity index (χ0v) is 12.6. The second-order valence-corrected chi connectivity index (χ2v) is 4.76. The zero-order valence-electron chi connectivity index (χ0n) is 11.8. The molecule has 7 heteroatoms. The van der Waals surface area contributed by atoms with E-state index < -0.39 is 5.97 Å². The van der Waals surface area contributed by atoms with Crippen LogP contribution in [0.5, 0.6) is 11.5 Å². The third-order valence-corrected chi connectivity index (χ3v) is 3.40. The number of carboxylic acid groups (broad SMARTS) is 1. The second-order valence-electron chi connectivity index (χ2n) is 3.99. The van der Waals surface area contributed by atoms with Gasteiger partial charge in [0.15, 0.2) is 5.16 Å². The topological polar surface area (TPSA) is 81.5 Å². The number of benzene rings is 1. The lowest BCUT2D eigenvalue weighted by Gasteiger charge is -2.12. The largest absolute Gasteiger partial charge is 0.497 e. The molecule has 0 aliphatic carbocycles. The molecule has 0 aliphatic rings. The number of carbonyl (C=O) groups is 1. The molecule has 0 radical (unpaired) electrons. The Morgan fingerprint density at radius 2 is 2.05 bits per heavy atom. The van der Waals surface area contributed by atoms with E-state index >= 15 is 0 Å². The van der Waals surface area contributed by atoms with Gasteiger partial charge in [0, 0.05) is 11.8 Å². The molecule has 0 saturated heterocycles. The molecule has 1 aromatic carbocycles. The molecule has 0 bridgehead atoms. The quantitative estimate of drug-likeness (QED) is 0.671. The first-order valence-corrected chi connectivity index (χ1v) is 7.20. The van der Waals surface area contributed by atoms with Gasteiger partial charge in [0.05, 0.1) is 19.9 Å². The van der Waals surface area contributed by atoms with E-state index in [2.05, 4.69) is 9.97 Å². The van der Waals surface area contributed by atoms with Gasteiger partial charge in [-0.3, -0.25) is 0 Å². The number of hydrogen-bond donors (Lipinski definition) is 1. The first-order valence-electron chi connectivity index (χ1n) is 5.97. The molecule has 21 heavy (non-hydrogen) atoms. The molecular formula is C14H14N2O4S. The Balaban J connectivity index is 2.71. The van der Waals surface area contributed by atoms with Crippen molar-refractivity contribution < 1.29 is 19.4 Å². The highest BCUT2D eigenvalue weighted by atomic mass is 32.2. The van der Waals surface area contributed by atoms with Gasteiger partial charge in [-0.2, -0.15) is 0 Å². The maximum atomic E-state index is 11.4. The number of nitrogens with zero attached hydrogens (tertiary/aromatic N) is 2. The SMILES string of the molecule is COc1ccc(OC)c(-c2nc(SC)ncc2C(=O)O)c1. The maximum absolute atomic E-state index is 11.4. The molecule has 0 aliphatic heterocycles. The molecule has 1 aromatic heterocycles. The molecule has 1 heterocycles. The molecule has 0 amide bonds. The van der Waals surface area contributed by atoms with E-state index in [1.54, 1.807) is 18.2 Å². The highest BCUT2D eigenvalue weighted by molar-refractivity contribution is 7.98. The minimum Gasteiger partial charge on any atom is -0.497 e. The van der Waals surface area contributed by atoms with E-state index in [1.807, 2.05) is 6.26 Å². The predicted octanol–water partition coefficient (Wildman–Crippen LogP) is 2.58. The van der Waals surface area contributed by atoms with Crippen LogP contribution in [-0.2, 0) is 0 Å². The fourth-order valence-corrected chi connectivity index (χ4v) is 2.17. The van der Waals surface area contributed by atoms with Crippen molar-refractivity contribution in [1.82, 2.24) is 9.97 Å². The van der Waals surface area contributed by atoms with Crippen LogP contribution in [-0.4, -0.2) is 41.5 Å². The molecule has 0 unspecified atom stereocenters. The van der Waals surface area contributed by atoms with E-state index in [9.17, 15) is 9.90 Å². The van der Waals surface area contributed by atoms with Gasteiger partial charge in [-0.25, -0.2) is 14.8 Å². The molecule has 0 atom stereocenters. The highest BCUT2D eigenvalue weighted by Gasteiger charge is 2.19. The lowest BCUT2D eigenvalue weighted by Crippen LogP contribution is -2.05. The third-order valence-electron chi connectivity index (χ3n) is 2.84. The van der Waals surface area contributed by atoms with Crippen molar-refractivity contribution in [3.8, 4) is 22.8 Å². The number of thioether (sulfide) groups is 1. The van der Waals surface area contributed by atoms with E-state index in [4.69, 9.17) is 9.47 Å². The monoisotopic (exact) mass is 306 g/mol. The van der Waals surface area contributed by atoms with Crippen LogP contribution in [0, 0.1) is 0 Å². The number of aromatic nitrogens is 2. The molecule has 1 N–H and O–H groups in total. The van der Waals surface area contributed by atoms with Crippen molar-refractivity contribution in [2.24, 2.45) is 0 Å². The number of rotatable bonds is 5. The molecule has 0 spiro atoms. The average molecular weight is 306 g/mol. The van der Waals surface area contributed by atoms with Gasteiger partial charge in [0.2, 0.25) is 0 Å². The van der Waals surface area contributed by atoms with E-state index in [1.165, 1.54) is 32.2 Å². The molecular weight excluding hydrogens is 292 g/mol. The van der Waals surface area contributed by atoms with E-state index in [-0.39, 0.29) is 5.56 Å². The summed E-state index contributed by atoms with van der Waals surface area (Å²) in [4.78, 5) is 19.7. The summed E-state index contributed by atoms with van der Waals surface area (Å²) in [5, 5.41) is 9.81. The van der Waals surface area contributed by atoms with Gasteiger partial charge in [-0.1, -0.05) is 11.8 Å². The normalized spacial score (nSPS) is 10.2. The van der Waals surface area contributed by atoms with Gasteiger partial charge >= 0.3 is 5.97 Å². The van der Waals surface area contributed by atoms with Crippen molar-refractivity contribution in [2.45, 2.75) is 5.16 Å². The van der Waals surface area contributed by atoms with Crippen LogP contribution in [0.4, 0.5) is 0 Å². The standard InChI is InChI=1S/C14H14N2O4S/c1-19-8-4-5-11(20-2)9(6-8)12-10(13(17)18)7-15-14(16-12)21-3/h4-7H,1-3H3,(H,17,18). The van der Waals surface area contributed by atoms with Gasteiger partial charge in [-0.15, -0.1) is 0 Å². The Morgan fingerprint density at radius 3 is 2.62 bits per heavy atom. The summed E-state index contributed by atoms with van der Waals surface area (Å²) < 4.78 is 10.5. The Bertz CT molecular complexity index is 676. The van der Waals surface area contributed by atoms with Gasteiger partial charge in [0.1, 0.15) is 17.1 Å². The molecule has 6 nitrogen and oxygen atoms in total. The molecule has 2 rings (SSSR count). The lowest BCUT2D eigenvalue weighted by molar-refractivity contribution is 0.0696. The Hall–Kier alpha value is -2.28. The van der Waals surface area contributed by atoms with Crippen LogP contribution in [0.1, 0.15) is 10.4 Å². The van der Waals surface area contributed by atoms with Gasteiger partial charge < -0.3 is 14.6 Å². The molecule has 110 valence electrons. The number of ether oxygens (including phenoxy) is 2. The lowest BCUT2D eigenvalue weighted by atomic mass is 10.1. The summed E-state index contributed by atoms with van der Waals surface area (Å²) in [5.74, 6) is 0.0121. The number of hydrogen-bond acceptors (Lipinski definition) is 6. The Kier molecular flexibility index (Phi) is 4.64. The maximum Gasteiger partial charge on any atom is 0.339 e. The summed E-state index contributed by atoms with van der Waals surface area (Å²) >= 11 is 1.33. The first-order chi connectivity index (χ1) is 10.1. The van der Waals surface area contributed by atoms with Crippen molar-refractivity contribution in [2.75, 3.05) is 20.5 Å². The minimum absolute atomic E-state index is 0.0133. The summed E-state index contributed by atoms with van der Waals surface area (Å²) in [6.45, 7) is 0. The molecule has 0 saturated carbocycles. The Labute approximate surface area is 126 Å². The smallest absolute Gasteiger partial charge is 0.339 e. The first kappa shape index (κ1) is 15.1. The van der Waals surface area contributed by atoms with Crippen LogP contribution < -0.4 is 9.47 Å². The predicted molar refractivity (Wildman–Crippen MR) is 79.3 cm³/mol. The Morgan fingerprint density at radius 1 is 1.29 bits per heavy atom. The van der Waals surface area contributed by atoms with Gasteiger partial charge in [-0.05, 0) is 24.5 Å². The summed E-state index contributed by atoms with van der Waals surface area (Å²) in [6, 6.07) is 5.14. The summed E-state index contributed by atoms with van der Waals surface area (Å²) in [7, 11) is 3.05. The van der Waals surface area contributed by atoms with Crippen LogP contribution in [0.15, 0.2) is 29.6 Å². The van der Waals surface area contributed by atoms with Crippen molar-refractivity contribution in [3.05, 3.63) is 30.0 Å². The fraction of sp³-hybridized carbons (Fsp3) is 0.214. The molecule has 2 aromatic rings. The third kappa shape index (κ3) is 3.08. The van der Waals surface area contributed by atoms with Crippen LogP contribution in [0.2, 0.25) is 0 Å². The van der Waals surface area contributed by atoms with Crippen LogP contribution >= 0.6 is 11.8 Å². The number of aromatic carboxylic acids is 1. The fourth-order valence-electron chi connectivity index (χ4n) is 1.82. The van der Waals surface area contributed by atoms with E-state index in [0.29, 0.717) is 27.9 Å². The van der Waals surface area contributed by atoms with Crippen molar-refractivity contribution in [3.63, 3.8) is 0 Å². The van der Waals surface area contributed by atoms with Crippen molar-refractivity contribution in [1.29, 1.82) is 0 Å². The van der Waals surface area contributed by atoms with Crippen LogP contribution in [0.25, 0.3) is 11.3 Å². The average Bonchev–Trinajstić information content (AvgIpc) is 2.53. The van der Waals surface area contributed by atoms with Crippen LogP contribution in [0.3, 0.4) is 0 Å². The number of methoxy groups -OCH3 is 2. The van der Waals surface area contributed by atoms with Gasteiger partial charge in [0.25, 0.3) is 0 Å².